The molecule has 0 aliphatic rings. The van der Waals surface area contributed by atoms with Crippen LogP contribution in [0, 0.1) is 12.7 Å². The summed E-state index contributed by atoms with van der Waals surface area (Å²) in [4.78, 5) is 8.40. The zero-order valence-corrected chi connectivity index (χ0v) is 14.7. The van der Waals surface area contributed by atoms with Crippen molar-refractivity contribution in [2.45, 2.75) is 6.92 Å². The van der Waals surface area contributed by atoms with Crippen LogP contribution in [0.15, 0.2) is 36.7 Å². The Hall–Kier alpha value is -3.21. The number of H-pyrrole nitrogens is 1. The fourth-order valence-electron chi connectivity index (χ4n) is 2.13. The van der Waals surface area contributed by atoms with Gasteiger partial charge in [0.1, 0.15) is 5.82 Å². The first-order valence-corrected chi connectivity index (χ1v) is 9.33. The Morgan fingerprint density at radius 2 is 1.81 bits per heavy atom. The molecule has 1 aromatic carbocycles. The van der Waals surface area contributed by atoms with Gasteiger partial charge in [-0.1, -0.05) is 0 Å². The molecular weight excluding hydrogens is 361 g/mol. The van der Waals surface area contributed by atoms with Gasteiger partial charge in [-0.05, 0) is 25.1 Å². The third kappa shape index (κ3) is 4.66. The van der Waals surface area contributed by atoms with Crippen LogP contribution in [0.4, 0.5) is 33.2 Å². The maximum absolute atomic E-state index is 13.7. The van der Waals surface area contributed by atoms with Gasteiger partial charge in [-0.3, -0.25) is 14.8 Å². The molecule has 0 atom stereocenters. The highest BCUT2D eigenvalue weighted by Gasteiger charge is 2.09. The van der Waals surface area contributed by atoms with E-state index in [-0.39, 0.29) is 5.69 Å². The fourth-order valence-corrected chi connectivity index (χ4v) is 2.68. The topological polar surface area (TPSA) is 125 Å². The first-order valence-electron chi connectivity index (χ1n) is 7.44. The highest BCUT2D eigenvalue weighted by Crippen LogP contribution is 2.23. The predicted molar refractivity (Wildman–Crippen MR) is 96.8 cm³/mol. The molecule has 0 saturated heterocycles. The van der Waals surface area contributed by atoms with Crippen LogP contribution in [0.1, 0.15) is 5.69 Å². The van der Waals surface area contributed by atoms with Crippen molar-refractivity contribution >= 4 is 38.9 Å². The summed E-state index contributed by atoms with van der Waals surface area (Å²) in [5.74, 6) is 0.754. The molecule has 0 bridgehead atoms. The highest BCUT2D eigenvalue weighted by molar-refractivity contribution is 7.92. The molecule has 0 unspecified atom stereocenters. The second kappa shape index (κ2) is 6.96. The van der Waals surface area contributed by atoms with Gasteiger partial charge in [0.2, 0.25) is 10.0 Å². The normalized spacial score (nSPS) is 11.2. The van der Waals surface area contributed by atoms with Gasteiger partial charge in [0.15, 0.2) is 17.5 Å². The number of sulfonamides is 1. The van der Waals surface area contributed by atoms with E-state index in [1.54, 1.807) is 0 Å². The molecule has 3 aromatic rings. The van der Waals surface area contributed by atoms with Crippen molar-refractivity contribution in [1.82, 2.24) is 20.2 Å². The predicted octanol–water partition coefficient (Wildman–Crippen LogP) is 2.51. The van der Waals surface area contributed by atoms with Gasteiger partial charge < -0.3 is 10.6 Å². The Kier molecular flexibility index (Phi) is 4.71. The lowest BCUT2D eigenvalue weighted by molar-refractivity contribution is 0.604. The van der Waals surface area contributed by atoms with Crippen molar-refractivity contribution < 1.29 is 12.8 Å². The number of rotatable bonds is 6. The quantitative estimate of drug-likeness (QED) is 0.520. The standard InChI is InChI=1S/C15H16FN7O2S/c1-9-5-13(22-21-9)19-15-8-17-7-14(20-15)18-10-3-4-11(16)12(6-10)23-26(2,24)25/h3-8,23H,1-2H3,(H3,18,19,20,21,22). The average molecular weight is 377 g/mol. The Bertz CT molecular complexity index is 1040. The molecule has 0 amide bonds. The van der Waals surface area contributed by atoms with Gasteiger partial charge in [0, 0.05) is 17.4 Å². The Balaban J connectivity index is 1.78. The number of hydrogen-bond donors (Lipinski definition) is 4. The minimum Gasteiger partial charge on any atom is -0.339 e. The molecule has 9 nitrogen and oxygen atoms in total. The molecule has 0 fully saturated rings. The molecule has 11 heteroatoms. The molecule has 4 N–H and O–H groups in total. The lowest BCUT2D eigenvalue weighted by Crippen LogP contribution is -2.11. The first-order chi connectivity index (χ1) is 12.3. The molecule has 0 radical (unpaired) electrons. The van der Waals surface area contributed by atoms with E-state index in [1.165, 1.54) is 24.5 Å². The summed E-state index contributed by atoms with van der Waals surface area (Å²) in [6.07, 6.45) is 3.95. The van der Waals surface area contributed by atoms with E-state index in [4.69, 9.17) is 0 Å². The van der Waals surface area contributed by atoms with Crippen molar-refractivity contribution in [1.29, 1.82) is 0 Å². The number of aromatic nitrogens is 4. The fraction of sp³-hybridized carbons (Fsp3) is 0.133. The maximum atomic E-state index is 13.7. The summed E-state index contributed by atoms with van der Waals surface area (Å²) < 4.78 is 38.5. The SMILES string of the molecule is Cc1cc(Nc2cncc(Nc3ccc(F)c(NS(C)(=O)=O)c3)n2)n[nH]1. The number of nitrogens with zero attached hydrogens (tertiary/aromatic N) is 3. The van der Waals surface area contributed by atoms with Gasteiger partial charge >= 0.3 is 0 Å². The van der Waals surface area contributed by atoms with Crippen molar-refractivity contribution in [2.24, 2.45) is 0 Å². The van der Waals surface area contributed by atoms with E-state index in [1.807, 2.05) is 13.0 Å². The lowest BCUT2D eigenvalue weighted by Gasteiger charge is -2.10. The summed E-state index contributed by atoms with van der Waals surface area (Å²) in [5, 5.41) is 12.8. The number of halogens is 1. The van der Waals surface area contributed by atoms with Crippen LogP contribution in [0.25, 0.3) is 0 Å². The smallest absolute Gasteiger partial charge is 0.229 e. The second-order valence-electron chi connectivity index (χ2n) is 5.54. The summed E-state index contributed by atoms with van der Waals surface area (Å²) in [7, 11) is -3.59. The molecule has 136 valence electrons. The average Bonchev–Trinajstić information content (AvgIpc) is 2.95. The number of benzene rings is 1. The summed E-state index contributed by atoms with van der Waals surface area (Å²) in [5.41, 5.74) is 1.18. The van der Waals surface area contributed by atoms with Crippen molar-refractivity contribution in [3.63, 3.8) is 0 Å². The van der Waals surface area contributed by atoms with E-state index in [0.717, 1.165) is 18.0 Å². The minimum absolute atomic E-state index is 0.160. The molecule has 0 aliphatic heterocycles. The zero-order valence-electron chi connectivity index (χ0n) is 13.9. The largest absolute Gasteiger partial charge is 0.339 e. The van der Waals surface area contributed by atoms with E-state index >= 15 is 0 Å². The number of nitrogens with one attached hydrogen (secondary N) is 4. The number of aromatic amines is 1. The third-order valence-corrected chi connectivity index (χ3v) is 3.72. The van der Waals surface area contributed by atoms with E-state index in [0.29, 0.717) is 23.1 Å². The Morgan fingerprint density at radius 3 is 2.46 bits per heavy atom. The monoisotopic (exact) mass is 377 g/mol. The molecule has 0 saturated carbocycles. The van der Waals surface area contributed by atoms with Crippen molar-refractivity contribution in [3.05, 3.63) is 48.2 Å². The summed E-state index contributed by atoms with van der Waals surface area (Å²) in [6.45, 7) is 1.87. The van der Waals surface area contributed by atoms with Crippen LogP contribution in [0.3, 0.4) is 0 Å². The lowest BCUT2D eigenvalue weighted by atomic mass is 10.2. The maximum Gasteiger partial charge on any atom is 0.229 e. The Labute approximate surface area is 149 Å². The molecule has 3 rings (SSSR count). The molecule has 2 aromatic heterocycles. The van der Waals surface area contributed by atoms with E-state index in [9.17, 15) is 12.8 Å². The molecule has 0 spiro atoms. The van der Waals surface area contributed by atoms with Crippen LogP contribution in [-0.2, 0) is 10.0 Å². The molecule has 2 heterocycles. The van der Waals surface area contributed by atoms with Crippen LogP contribution in [0.2, 0.25) is 0 Å². The molecular formula is C15H16FN7O2S. The van der Waals surface area contributed by atoms with Gasteiger partial charge in [0.05, 0.1) is 24.3 Å². The number of hydrogen-bond acceptors (Lipinski definition) is 7. The van der Waals surface area contributed by atoms with Crippen LogP contribution in [0.5, 0.6) is 0 Å². The van der Waals surface area contributed by atoms with E-state index < -0.39 is 15.8 Å². The summed E-state index contributed by atoms with van der Waals surface area (Å²) in [6, 6.07) is 5.75. The first kappa shape index (κ1) is 17.6. The van der Waals surface area contributed by atoms with Crippen LogP contribution >= 0.6 is 0 Å². The highest BCUT2D eigenvalue weighted by atomic mass is 32.2. The van der Waals surface area contributed by atoms with Gasteiger partial charge in [-0.2, -0.15) is 5.10 Å². The molecule has 0 aliphatic carbocycles. The van der Waals surface area contributed by atoms with Crippen molar-refractivity contribution in [2.75, 3.05) is 21.6 Å². The van der Waals surface area contributed by atoms with Crippen LogP contribution in [-0.4, -0.2) is 34.8 Å². The van der Waals surface area contributed by atoms with Gasteiger partial charge in [-0.25, -0.2) is 17.8 Å². The minimum atomic E-state index is -3.59. The zero-order chi connectivity index (χ0) is 18.7. The number of anilines is 5. The summed E-state index contributed by atoms with van der Waals surface area (Å²) >= 11 is 0. The van der Waals surface area contributed by atoms with Gasteiger partial charge in [0.25, 0.3) is 0 Å². The van der Waals surface area contributed by atoms with Crippen molar-refractivity contribution in [3.8, 4) is 0 Å². The number of aryl methyl sites for hydroxylation is 1. The second-order valence-corrected chi connectivity index (χ2v) is 7.29. The van der Waals surface area contributed by atoms with Crippen LogP contribution < -0.4 is 15.4 Å². The van der Waals surface area contributed by atoms with E-state index in [2.05, 4.69) is 35.5 Å². The third-order valence-electron chi connectivity index (χ3n) is 3.13. The van der Waals surface area contributed by atoms with Gasteiger partial charge in [-0.15, -0.1) is 0 Å². The Morgan fingerprint density at radius 1 is 1.08 bits per heavy atom. The molecule has 26 heavy (non-hydrogen) atoms.